The van der Waals surface area contributed by atoms with Crippen molar-refractivity contribution < 1.29 is 18.7 Å². The second-order valence-corrected chi connectivity index (χ2v) is 6.27. The van der Waals surface area contributed by atoms with Gasteiger partial charge in [0.1, 0.15) is 5.82 Å². The average Bonchev–Trinajstić information content (AvgIpc) is 3.13. The number of halogens is 2. The second-order valence-electron chi connectivity index (χ2n) is 5.86. The van der Waals surface area contributed by atoms with Gasteiger partial charge < -0.3 is 14.8 Å². The van der Waals surface area contributed by atoms with Crippen molar-refractivity contribution in [2.45, 2.75) is 6.92 Å². The van der Waals surface area contributed by atoms with Crippen LogP contribution in [0.2, 0.25) is 5.02 Å². The Balaban J connectivity index is 1.79. The molecule has 10 heteroatoms. The first-order chi connectivity index (χ1) is 13.9. The lowest BCUT2D eigenvalue weighted by Gasteiger charge is -2.10. The number of nitrogens with zero attached hydrogens (tertiary/aromatic N) is 4. The van der Waals surface area contributed by atoms with Gasteiger partial charge in [-0.25, -0.2) is 4.39 Å². The maximum absolute atomic E-state index is 14.1. The first-order valence-corrected chi connectivity index (χ1v) is 8.76. The molecule has 0 saturated carbocycles. The fourth-order valence-corrected chi connectivity index (χ4v) is 2.89. The van der Waals surface area contributed by atoms with Gasteiger partial charge in [0.2, 0.25) is 5.91 Å². The van der Waals surface area contributed by atoms with Gasteiger partial charge in [-0.2, -0.15) is 4.68 Å². The van der Waals surface area contributed by atoms with Crippen LogP contribution in [0.1, 0.15) is 11.4 Å². The first-order valence-electron chi connectivity index (χ1n) is 8.38. The number of ether oxygens (including phenoxy) is 2. The summed E-state index contributed by atoms with van der Waals surface area (Å²) in [5.74, 6) is 0.234. The van der Waals surface area contributed by atoms with E-state index in [0.717, 1.165) is 0 Å². The summed E-state index contributed by atoms with van der Waals surface area (Å²) in [5, 5.41) is 14.0. The molecule has 0 aliphatic heterocycles. The van der Waals surface area contributed by atoms with E-state index in [1.165, 1.54) is 49.3 Å². The molecule has 1 heterocycles. The van der Waals surface area contributed by atoms with E-state index in [2.05, 4.69) is 20.8 Å². The summed E-state index contributed by atoms with van der Waals surface area (Å²) >= 11 is 6.15. The quantitative estimate of drug-likeness (QED) is 0.618. The smallest absolute Gasteiger partial charge is 0.248 e. The number of hydrogen-bond acceptors (Lipinski definition) is 6. The minimum absolute atomic E-state index is 0.00241. The standard InChI is InChI=1S/C19H17ClFN5O3/c1-11-23-24-25-26(11)13-5-6-15(21)16(10-13)22-18(27)7-4-12-8-14(20)19(29-3)17(9-12)28-2/h4-10H,1-3H3,(H,22,27)/b7-4+. The Bertz CT molecular complexity index is 1080. The SMILES string of the molecule is COc1cc(/C=C/C(=O)Nc2cc(-n3nnnc3C)ccc2F)cc(Cl)c1OC. The molecule has 2 aromatic carbocycles. The molecule has 1 N–H and O–H groups in total. The number of tetrazole rings is 1. The molecule has 1 aromatic heterocycles. The summed E-state index contributed by atoms with van der Waals surface area (Å²) in [7, 11) is 2.96. The predicted molar refractivity (Wildman–Crippen MR) is 106 cm³/mol. The van der Waals surface area contributed by atoms with E-state index in [-0.39, 0.29) is 5.69 Å². The molecular weight excluding hydrogens is 401 g/mol. The second kappa shape index (κ2) is 8.70. The molecular formula is C19H17ClFN5O3. The Labute approximate surface area is 170 Å². The molecule has 0 unspecified atom stereocenters. The highest BCUT2D eigenvalue weighted by molar-refractivity contribution is 6.32. The summed E-state index contributed by atoms with van der Waals surface area (Å²) in [5.41, 5.74) is 1.12. The van der Waals surface area contributed by atoms with Gasteiger partial charge in [-0.15, -0.1) is 5.10 Å². The maximum atomic E-state index is 14.1. The van der Waals surface area contributed by atoms with Crippen molar-refractivity contribution in [2.75, 3.05) is 19.5 Å². The number of aromatic nitrogens is 4. The molecule has 3 aromatic rings. The van der Waals surface area contributed by atoms with Crippen LogP contribution in [-0.4, -0.2) is 40.3 Å². The molecule has 0 radical (unpaired) electrons. The number of anilines is 1. The molecule has 3 rings (SSSR count). The van der Waals surface area contributed by atoms with Gasteiger partial charge in [-0.1, -0.05) is 11.6 Å². The Kier molecular flexibility index (Phi) is 6.08. The third-order valence-electron chi connectivity index (χ3n) is 3.96. The molecule has 1 amide bonds. The van der Waals surface area contributed by atoms with Crippen LogP contribution < -0.4 is 14.8 Å². The number of benzene rings is 2. The van der Waals surface area contributed by atoms with E-state index >= 15 is 0 Å². The molecule has 0 aliphatic rings. The van der Waals surface area contributed by atoms with Gasteiger partial charge in [-0.3, -0.25) is 4.79 Å². The summed E-state index contributed by atoms with van der Waals surface area (Å²) in [6.07, 6.45) is 2.78. The third-order valence-corrected chi connectivity index (χ3v) is 4.24. The van der Waals surface area contributed by atoms with Crippen molar-refractivity contribution in [1.82, 2.24) is 20.2 Å². The van der Waals surface area contributed by atoms with Crippen molar-refractivity contribution >= 4 is 29.3 Å². The van der Waals surface area contributed by atoms with Gasteiger partial charge in [0.25, 0.3) is 0 Å². The topological polar surface area (TPSA) is 91.2 Å². The zero-order valence-electron chi connectivity index (χ0n) is 15.8. The molecule has 0 spiro atoms. The maximum Gasteiger partial charge on any atom is 0.248 e. The van der Waals surface area contributed by atoms with Crippen molar-refractivity contribution in [2.24, 2.45) is 0 Å². The zero-order chi connectivity index (χ0) is 21.0. The van der Waals surface area contributed by atoms with E-state index in [9.17, 15) is 9.18 Å². The lowest BCUT2D eigenvalue weighted by Crippen LogP contribution is -2.10. The molecule has 0 aliphatic carbocycles. The minimum atomic E-state index is -0.588. The largest absolute Gasteiger partial charge is 0.493 e. The normalized spacial score (nSPS) is 10.9. The van der Waals surface area contributed by atoms with Crippen LogP contribution in [0.3, 0.4) is 0 Å². The summed E-state index contributed by atoms with van der Waals surface area (Å²) in [6.45, 7) is 1.71. The van der Waals surface area contributed by atoms with Gasteiger partial charge in [0, 0.05) is 6.08 Å². The van der Waals surface area contributed by atoms with Gasteiger partial charge in [0.15, 0.2) is 17.3 Å². The predicted octanol–water partition coefficient (Wildman–Crippen LogP) is 3.43. The van der Waals surface area contributed by atoms with Crippen LogP contribution in [-0.2, 0) is 4.79 Å². The van der Waals surface area contributed by atoms with Gasteiger partial charge in [-0.05, 0) is 59.3 Å². The first kappa shape index (κ1) is 20.3. The van der Waals surface area contributed by atoms with Crippen LogP contribution in [0.15, 0.2) is 36.4 Å². The lowest BCUT2D eigenvalue weighted by molar-refractivity contribution is -0.111. The zero-order valence-corrected chi connectivity index (χ0v) is 16.6. The van der Waals surface area contributed by atoms with Gasteiger partial charge >= 0.3 is 0 Å². The highest BCUT2D eigenvalue weighted by atomic mass is 35.5. The van der Waals surface area contributed by atoms with Crippen LogP contribution >= 0.6 is 11.6 Å². The minimum Gasteiger partial charge on any atom is -0.493 e. The number of rotatable bonds is 6. The van der Waals surface area contributed by atoms with Crippen molar-refractivity contribution in [1.29, 1.82) is 0 Å². The summed E-state index contributed by atoms with van der Waals surface area (Å²) < 4.78 is 25.9. The molecule has 150 valence electrons. The van der Waals surface area contributed by atoms with Crippen LogP contribution in [0, 0.1) is 12.7 Å². The number of nitrogens with one attached hydrogen (secondary N) is 1. The fraction of sp³-hybridized carbons (Fsp3) is 0.158. The molecule has 0 bridgehead atoms. The van der Waals surface area contributed by atoms with E-state index < -0.39 is 11.7 Å². The molecule has 0 atom stereocenters. The van der Waals surface area contributed by atoms with E-state index in [0.29, 0.717) is 33.6 Å². The van der Waals surface area contributed by atoms with Crippen LogP contribution in [0.4, 0.5) is 10.1 Å². The summed E-state index contributed by atoms with van der Waals surface area (Å²) in [4.78, 5) is 12.3. The number of carbonyl (C=O) groups excluding carboxylic acids is 1. The Morgan fingerprint density at radius 2 is 2.03 bits per heavy atom. The number of amides is 1. The molecule has 0 fully saturated rings. The fourth-order valence-electron chi connectivity index (χ4n) is 2.59. The number of hydrogen-bond donors (Lipinski definition) is 1. The van der Waals surface area contributed by atoms with Crippen molar-refractivity contribution in [3.8, 4) is 17.2 Å². The Morgan fingerprint density at radius 3 is 2.69 bits per heavy atom. The number of methoxy groups -OCH3 is 2. The van der Waals surface area contributed by atoms with E-state index in [4.69, 9.17) is 21.1 Å². The Morgan fingerprint density at radius 1 is 1.24 bits per heavy atom. The number of carbonyl (C=O) groups is 1. The average molecular weight is 418 g/mol. The van der Waals surface area contributed by atoms with E-state index in [1.54, 1.807) is 19.1 Å². The van der Waals surface area contributed by atoms with Gasteiger partial charge in [0.05, 0.1) is 30.6 Å². The Hall–Kier alpha value is -3.46. The lowest BCUT2D eigenvalue weighted by atomic mass is 10.2. The summed E-state index contributed by atoms with van der Waals surface area (Å²) in [6, 6.07) is 7.46. The highest BCUT2D eigenvalue weighted by Gasteiger charge is 2.11. The number of aryl methyl sites for hydroxylation is 1. The van der Waals surface area contributed by atoms with Crippen molar-refractivity contribution in [3.05, 3.63) is 58.6 Å². The monoisotopic (exact) mass is 417 g/mol. The molecule has 29 heavy (non-hydrogen) atoms. The van der Waals surface area contributed by atoms with Crippen LogP contribution in [0.5, 0.6) is 11.5 Å². The van der Waals surface area contributed by atoms with Crippen molar-refractivity contribution in [3.63, 3.8) is 0 Å². The highest BCUT2D eigenvalue weighted by Crippen LogP contribution is 2.36. The molecule has 0 saturated heterocycles. The van der Waals surface area contributed by atoms with E-state index in [1.807, 2.05) is 0 Å². The van der Waals surface area contributed by atoms with Crippen LogP contribution in [0.25, 0.3) is 11.8 Å². The molecule has 8 nitrogen and oxygen atoms in total. The third kappa shape index (κ3) is 4.52.